The Bertz CT molecular complexity index is 586. The second-order valence-corrected chi connectivity index (χ2v) is 7.39. The third-order valence-corrected chi connectivity index (χ3v) is 5.51. The van der Waals surface area contributed by atoms with Crippen molar-refractivity contribution in [3.63, 3.8) is 0 Å². The molecule has 1 atom stereocenters. The van der Waals surface area contributed by atoms with Gasteiger partial charge in [0.25, 0.3) is 0 Å². The lowest BCUT2D eigenvalue weighted by molar-refractivity contribution is -0.122. The van der Waals surface area contributed by atoms with Crippen molar-refractivity contribution in [1.82, 2.24) is 4.31 Å². The first-order chi connectivity index (χ1) is 9.38. The van der Waals surface area contributed by atoms with E-state index in [9.17, 15) is 13.2 Å². The van der Waals surface area contributed by atoms with Gasteiger partial charge in [0, 0.05) is 18.1 Å². The van der Waals surface area contributed by atoms with E-state index in [2.05, 4.69) is 0 Å². The van der Waals surface area contributed by atoms with Crippen LogP contribution in [0.25, 0.3) is 0 Å². The van der Waals surface area contributed by atoms with E-state index >= 15 is 0 Å². The molecule has 5 nitrogen and oxygen atoms in total. The fourth-order valence-corrected chi connectivity index (χ4v) is 4.05. The summed E-state index contributed by atoms with van der Waals surface area (Å²) in [5.41, 5.74) is 5.94. The molecule has 1 heterocycles. The van der Waals surface area contributed by atoms with Gasteiger partial charge in [0.2, 0.25) is 15.9 Å². The van der Waals surface area contributed by atoms with Crippen LogP contribution >= 0.6 is 11.6 Å². The SMILES string of the molecule is NC(=O)[C@@H]1CCCN(S(=O)(=O)Cc2ccc(Cl)cc2)C1. The maximum absolute atomic E-state index is 12.3. The molecule has 0 saturated carbocycles. The number of hydrogen-bond donors (Lipinski definition) is 1. The number of carbonyl (C=O) groups excluding carboxylic acids is 1. The lowest BCUT2D eigenvalue weighted by atomic mass is 9.99. The first-order valence-electron chi connectivity index (χ1n) is 6.40. The van der Waals surface area contributed by atoms with Crippen molar-refractivity contribution < 1.29 is 13.2 Å². The number of nitrogens with two attached hydrogens (primary N) is 1. The summed E-state index contributed by atoms with van der Waals surface area (Å²) in [7, 11) is -3.43. The van der Waals surface area contributed by atoms with Crippen LogP contribution in [0.1, 0.15) is 18.4 Å². The highest BCUT2D eigenvalue weighted by Crippen LogP contribution is 2.21. The van der Waals surface area contributed by atoms with Crippen LogP contribution in [0, 0.1) is 5.92 Å². The molecule has 2 N–H and O–H groups in total. The summed E-state index contributed by atoms with van der Waals surface area (Å²) >= 11 is 5.77. The molecule has 110 valence electrons. The molecule has 0 aliphatic carbocycles. The molecule has 1 aliphatic heterocycles. The van der Waals surface area contributed by atoms with Crippen molar-refractivity contribution in [3.05, 3.63) is 34.9 Å². The number of sulfonamides is 1. The zero-order chi connectivity index (χ0) is 14.8. The fourth-order valence-electron chi connectivity index (χ4n) is 2.31. The lowest BCUT2D eigenvalue weighted by Crippen LogP contribution is -2.44. The lowest BCUT2D eigenvalue weighted by Gasteiger charge is -2.30. The number of piperidine rings is 1. The average Bonchev–Trinajstić information content (AvgIpc) is 2.41. The van der Waals surface area contributed by atoms with Gasteiger partial charge in [-0.3, -0.25) is 4.79 Å². The van der Waals surface area contributed by atoms with Crippen LogP contribution in [-0.4, -0.2) is 31.7 Å². The van der Waals surface area contributed by atoms with Gasteiger partial charge < -0.3 is 5.73 Å². The maximum Gasteiger partial charge on any atom is 0.221 e. The molecule has 0 radical (unpaired) electrons. The Morgan fingerprint density at radius 3 is 2.60 bits per heavy atom. The zero-order valence-electron chi connectivity index (χ0n) is 11.0. The fraction of sp³-hybridized carbons (Fsp3) is 0.462. The van der Waals surface area contributed by atoms with Crippen molar-refractivity contribution in [2.24, 2.45) is 11.7 Å². The topological polar surface area (TPSA) is 80.5 Å². The summed E-state index contributed by atoms with van der Waals surface area (Å²) in [6.45, 7) is 0.630. The van der Waals surface area contributed by atoms with Crippen LogP contribution in [0.5, 0.6) is 0 Å². The number of halogens is 1. The predicted octanol–water partition coefficient (Wildman–Crippen LogP) is 1.37. The smallest absolute Gasteiger partial charge is 0.221 e. The molecule has 1 aromatic rings. The van der Waals surface area contributed by atoms with E-state index in [1.54, 1.807) is 24.3 Å². The number of rotatable bonds is 4. The first-order valence-corrected chi connectivity index (χ1v) is 8.39. The van der Waals surface area contributed by atoms with Gasteiger partial charge in [0.15, 0.2) is 0 Å². The van der Waals surface area contributed by atoms with Gasteiger partial charge in [0.05, 0.1) is 11.7 Å². The molecule has 7 heteroatoms. The molecule has 1 amide bonds. The van der Waals surface area contributed by atoms with Gasteiger partial charge in [-0.2, -0.15) is 0 Å². The second kappa shape index (κ2) is 6.11. The summed E-state index contributed by atoms with van der Waals surface area (Å²) < 4.78 is 26.1. The summed E-state index contributed by atoms with van der Waals surface area (Å²) in [5, 5.41) is 0.568. The van der Waals surface area contributed by atoms with Crippen LogP contribution in [0.4, 0.5) is 0 Å². The van der Waals surface area contributed by atoms with Gasteiger partial charge in [-0.25, -0.2) is 12.7 Å². The number of hydrogen-bond acceptors (Lipinski definition) is 3. The minimum absolute atomic E-state index is 0.0876. The molecule has 1 aliphatic rings. The zero-order valence-corrected chi connectivity index (χ0v) is 12.5. The van der Waals surface area contributed by atoms with Crippen LogP contribution < -0.4 is 5.73 Å². The molecule has 20 heavy (non-hydrogen) atoms. The Balaban J connectivity index is 2.09. The normalized spacial score (nSPS) is 20.8. The summed E-state index contributed by atoms with van der Waals surface area (Å²) in [6.07, 6.45) is 1.32. The number of nitrogens with zero attached hydrogens (tertiary/aromatic N) is 1. The Morgan fingerprint density at radius 1 is 1.35 bits per heavy atom. The number of primary amides is 1. The quantitative estimate of drug-likeness (QED) is 0.911. The minimum atomic E-state index is -3.43. The molecule has 1 saturated heterocycles. The van der Waals surface area contributed by atoms with Gasteiger partial charge in [-0.05, 0) is 30.5 Å². The average molecular weight is 317 g/mol. The van der Waals surface area contributed by atoms with Crippen molar-refractivity contribution in [3.8, 4) is 0 Å². The summed E-state index contributed by atoms with van der Waals surface area (Å²) in [5.74, 6) is -0.907. The highest BCUT2D eigenvalue weighted by atomic mass is 35.5. The third-order valence-electron chi connectivity index (χ3n) is 3.44. The number of amides is 1. The van der Waals surface area contributed by atoms with Crippen molar-refractivity contribution in [2.45, 2.75) is 18.6 Å². The summed E-state index contributed by atoms with van der Waals surface area (Å²) in [6, 6.07) is 6.70. The molecule has 2 rings (SSSR count). The van der Waals surface area contributed by atoms with E-state index in [1.807, 2.05) is 0 Å². The first kappa shape index (κ1) is 15.3. The number of carbonyl (C=O) groups is 1. The van der Waals surface area contributed by atoms with Gasteiger partial charge >= 0.3 is 0 Å². The standard InChI is InChI=1S/C13H17ClN2O3S/c14-12-5-3-10(4-6-12)9-20(18,19)16-7-1-2-11(8-16)13(15)17/h3-6,11H,1-2,7-9H2,(H2,15,17)/t11-/m1/s1. The molecule has 0 unspecified atom stereocenters. The van der Waals surface area contributed by atoms with Crippen molar-refractivity contribution in [2.75, 3.05) is 13.1 Å². The molecular formula is C13H17ClN2O3S. The molecule has 0 bridgehead atoms. The van der Waals surface area contributed by atoms with E-state index in [0.717, 1.165) is 0 Å². The highest BCUT2D eigenvalue weighted by molar-refractivity contribution is 7.88. The van der Waals surface area contributed by atoms with Crippen molar-refractivity contribution >= 4 is 27.5 Å². The van der Waals surface area contributed by atoms with Gasteiger partial charge in [0.1, 0.15) is 0 Å². The molecule has 1 aromatic carbocycles. The van der Waals surface area contributed by atoms with Gasteiger partial charge in [-0.15, -0.1) is 0 Å². The third kappa shape index (κ3) is 3.71. The van der Waals surface area contributed by atoms with E-state index in [4.69, 9.17) is 17.3 Å². The molecule has 0 aromatic heterocycles. The molecular weight excluding hydrogens is 300 g/mol. The van der Waals surface area contributed by atoms with E-state index < -0.39 is 15.9 Å². The monoisotopic (exact) mass is 316 g/mol. The largest absolute Gasteiger partial charge is 0.369 e. The Labute approximate surface area is 123 Å². The Kier molecular flexibility index (Phi) is 4.67. The Morgan fingerprint density at radius 2 is 2.00 bits per heavy atom. The van der Waals surface area contributed by atoms with Gasteiger partial charge in [-0.1, -0.05) is 23.7 Å². The molecule has 1 fully saturated rings. The maximum atomic E-state index is 12.3. The summed E-state index contributed by atoms with van der Waals surface area (Å²) in [4.78, 5) is 11.2. The second-order valence-electron chi connectivity index (χ2n) is 4.98. The van der Waals surface area contributed by atoms with Crippen LogP contribution in [-0.2, 0) is 20.6 Å². The molecule has 0 spiro atoms. The van der Waals surface area contributed by atoms with E-state index in [-0.39, 0.29) is 18.2 Å². The van der Waals surface area contributed by atoms with Crippen LogP contribution in [0.15, 0.2) is 24.3 Å². The van der Waals surface area contributed by atoms with E-state index in [0.29, 0.717) is 30.0 Å². The minimum Gasteiger partial charge on any atom is -0.369 e. The predicted molar refractivity (Wildman–Crippen MR) is 77.6 cm³/mol. The number of benzene rings is 1. The van der Waals surface area contributed by atoms with Crippen LogP contribution in [0.2, 0.25) is 5.02 Å². The highest BCUT2D eigenvalue weighted by Gasteiger charge is 2.31. The van der Waals surface area contributed by atoms with Crippen LogP contribution in [0.3, 0.4) is 0 Å². The van der Waals surface area contributed by atoms with E-state index in [1.165, 1.54) is 4.31 Å². The van der Waals surface area contributed by atoms with Crippen molar-refractivity contribution in [1.29, 1.82) is 0 Å². The Hall–Kier alpha value is -1.11.